The molecule has 0 saturated carbocycles. The van der Waals surface area contributed by atoms with Gasteiger partial charge in [-0.25, -0.2) is 9.97 Å². The highest BCUT2D eigenvalue weighted by Crippen LogP contribution is 2.23. The van der Waals surface area contributed by atoms with Gasteiger partial charge in [0.25, 0.3) is 11.5 Å². The Morgan fingerprint density at radius 1 is 1.11 bits per heavy atom. The van der Waals surface area contributed by atoms with Crippen molar-refractivity contribution in [3.63, 3.8) is 0 Å². The Morgan fingerprint density at radius 2 is 1.95 bits per heavy atom. The number of pyridine rings is 2. The Bertz CT molecular complexity index is 2010. The first kappa shape index (κ1) is 28.5. The van der Waals surface area contributed by atoms with E-state index in [0.29, 0.717) is 51.9 Å². The predicted molar refractivity (Wildman–Crippen MR) is 166 cm³/mol. The number of amides is 2. The Balaban J connectivity index is 1.37. The quantitative estimate of drug-likeness (QED) is 0.256. The van der Waals surface area contributed by atoms with Crippen molar-refractivity contribution in [1.82, 2.24) is 30.2 Å². The summed E-state index contributed by atoms with van der Waals surface area (Å²) in [6.07, 6.45) is 4.25. The highest BCUT2D eigenvalue weighted by atomic mass is 16.5. The molecule has 1 aliphatic heterocycles. The molecule has 220 valence electrons. The number of nitrogens with one attached hydrogen (secondary N) is 2. The summed E-state index contributed by atoms with van der Waals surface area (Å²) in [5.74, 6) is 5.64. The van der Waals surface area contributed by atoms with Gasteiger partial charge in [-0.15, -0.1) is 0 Å². The van der Waals surface area contributed by atoms with Crippen molar-refractivity contribution in [3.8, 4) is 17.5 Å². The van der Waals surface area contributed by atoms with Crippen LogP contribution in [-0.4, -0.2) is 50.6 Å². The zero-order valence-electron chi connectivity index (χ0n) is 23.9. The lowest BCUT2D eigenvalue weighted by atomic mass is 10.1. The van der Waals surface area contributed by atoms with Gasteiger partial charge in [0.05, 0.1) is 34.7 Å². The van der Waals surface area contributed by atoms with Gasteiger partial charge in [0.1, 0.15) is 23.3 Å². The molecule has 44 heavy (non-hydrogen) atoms. The normalized spacial score (nSPS) is 15.0. The highest BCUT2D eigenvalue weighted by molar-refractivity contribution is 6.09. The van der Waals surface area contributed by atoms with Crippen LogP contribution >= 0.6 is 0 Å². The molecule has 11 heteroatoms. The molecule has 4 N–H and O–H groups in total. The average molecular weight is 588 g/mol. The zero-order chi connectivity index (χ0) is 30.6. The maximum absolute atomic E-state index is 14.2. The van der Waals surface area contributed by atoms with E-state index in [-0.39, 0.29) is 29.4 Å². The monoisotopic (exact) mass is 587 g/mol. The second-order valence-corrected chi connectivity index (χ2v) is 10.3. The van der Waals surface area contributed by atoms with Gasteiger partial charge in [-0.05, 0) is 56.2 Å². The molecular weight excluding hydrogens is 558 g/mol. The number of hydrogen-bond acceptors (Lipinski definition) is 8. The standard InChI is InChI=1S/C33H29N7O4/c1-20(38-32(42)27-28-22(11-7-16-35-28)19-37-29(27)34)30-39-24-14-5-9-21(10-6-17-36-31(41)25-15-8-18-44-25)26(24)33(43)40(30)23-12-3-2-4-13-23/h2-5,7,9,11-14,16,19-20,25H,8,15,17-18H2,1H3,(H2,34,37)(H,36,41)(H,38,42)/t20-,25-/m1/s1. The first-order chi connectivity index (χ1) is 21.4. The highest BCUT2D eigenvalue weighted by Gasteiger charge is 2.24. The van der Waals surface area contributed by atoms with Crippen LogP contribution in [-0.2, 0) is 9.53 Å². The van der Waals surface area contributed by atoms with Gasteiger partial charge < -0.3 is 21.1 Å². The number of carbonyl (C=O) groups excluding carboxylic acids is 2. The molecule has 1 aliphatic rings. The van der Waals surface area contributed by atoms with Gasteiger partial charge in [-0.1, -0.05) is 36.1 Å². The maximum atomic E-state index is 14.2. The summed E-state index contributed by atoms with van der Waals surface area (Å²) in [5.41, 5.74) is 7.79. The van der Waals surface area contributed by atoms with Crippen molar-refractivity contribution in [1.29, 1.82) is 0 Å². The fourth-order valence-corrected chi connectivity index (χ4v) is 5.25. The van der Waals surface area contributed by atoms with Crippen LogP contribution in [0.5, 0.6) is 0 Å². The summed E-state index contributed by atoms with van der Waals surface area (Å²) in [4.78, 5) is 53.4. The Kier molecular flexibility index (Phi) is 7.99. The number of ether oxygens (including phenoxy) is 1. The van der Waals surface area contributed by atoms with E-state index in [1.54, 1.807) is 61.8 Å². The van der Waals surface area contributed by atoms with Gasteiger partial charge in [0, 0.05) is 30.0 Å². The van der Waals surface area contributed by atoms with Crippen molar-refractivity contribution in [2.75, 3.05) is 18.9 Å². The molecule has 2 amide bonds. The van der Waals surface area contributed by atoms with E-state index in [2.05, 4.69) is 32.4 Å². The number of anilines is 1. The third-order valence-corrected chi connectivity index (χ3v) is 7.37. The molecule has 11 nitrogen and oxygen atoms in total. The minimum absolute atomic E-state index is 0.0444. The average Bonchev–Trinajstić information content (AvgIpc) is 3.58. The molecule has 0 radical (unpaired) electrons. The zero-order valence-corrected chi connectivity index (χ0v) is 23.9. The number of hydrogen-bond donors (Lipinski definition) is 3. The predicted octanol–water partition coefficient (Wildman–Crippen LogP) is 3.05. The van der Waals surface area contributed by atoms with Crippen molar-refractivity contribution in [2.45, 2.75) is 31.9 Å². The van der Waals surface area contributed by atoms with E-state index in [9.17, 15) is 14.4 Å². The number of rotatable bonds is 6. The third-order valence-electron chi connectivity index (χ3n) is 7.37. The second-order valence-electron chi connectivity index (χ2n) is 10.3. The molecule has 1 fully saturated rings. The number of para-hydroxylation sites is 1. The van der Waals surface area contributed by atoms with Crippen LogP contribution in [0.15, 0.2) is 77.9 Å². The van der Waals surface area contributed by atoms with Crippen LogP contribution in [0.2, 0.25) is 0 Å². The first-order valence-electron chi connectivity index (χ1n) is 14.2. The molecule has 2 aromatic carbocycles. The van der Waals surface area contributed by atoms with Gasteiger partial charge in [0.15, 0.2) is 0 Å². The molecule has 2 atom stereocenters. The molecular formula is C33H29N7O4. The summed E-state index contributed by atoms with van der Waals surface area (Å²) < 4.78 is 6.88. The van der Waals surface area contributed by atoms with Gasteiger partial charge in [-0.2, -0.15) is 0 Å². The van der Waals surface area contributed by atoms with Crippen LogP contribution in [0.25, 0.3) is 27.5 Å². The second kappa shape index (κ2) is 12.3. The lowest BCUT2D eigenvalue weighted by Gasteiger charge is -2.20. The number of nitrogen functional groups attached to an aromatic ring is 1. The Hall–Kier alpha value is -5.60. The summed E-state index contributed by atoms with van der Waals surface area (Å²) in [6.45, 7) is 2.43. The molecule has 4 heterocycles. The van der Waals surface area contributed by atoms with Gasteiger partial charge in [0.2, 0.25) is 5.91 Å². The van der Waals surface area contributed by atoms with Crippen LogP contribution in [0, 0.1) is 11.8 Å². The van der Waals surface area contributed by atoms with Gasteiger partial charge in [-0.3, -0.25) is 23.9 Å². The van der Waals surface area contributed by atoms with Gasteiger partial charge >= 0.3 is 0 Å². The van der Waals surface area contributed by atoms with E-state index >= 15 is 0 Å². The summed E-state index contributed by atoms with van der Waals surface area (Å²) in [5, 5.41) is 6.70. The van der Waals surface area contributed by atoms with E-state index in [4.69, 9.17) is 15.5 Å². The topological polar surface area (TPSA) is 154 Å². The van der Waals surface area contributed by atoms with Crippen molar-refractivity contribution >= 4 is 39.4 Å². The molecule has 5 aromatic rings. The fourth-order valence-electron chi connectivity index (χ4n) is 5.25. The molecule has 6 rings (SSSR count). The number of carbonyl (C=O) groups is 2. The fraction of sp³-hybridized carbons (Fsp3) is 0.212. The molecule has 3 aromatic heterocycles. The number of nitrogens with two attached hydrogens (primary N) is 1. The van der Waals surface area contributed by atoms with Crippen LogP contribution in [0.3, 0.4) is 0 Å². The lowest BCUT2D eigenvalue weighted by Crippen LogP contribution is -2.34. The number of aromatic nitrogens is 4. The van der Waals surface area contributed by atoms with Crippen molar-refractivity contribution < 1.29 is 14.3 Å². The molecule has 0 unspecified atom stereocenters. The summed E-state index contributed by atoms with van der Waals surface area (Å²) >= 11 is 0. The van der Waals surface area contributed by atoms with Crippen molar-refractivity contribution in [3.05, 3.63) is 100 Å². The minimum atomic E-state index is -0.721. The Labute approximate surface area is 252 Å². The third kappa shape index (κ3) is 5.58. The maximum Gasteiger partial charge on any atom is 0.267 e. The minimum Gasteiger partial charge on any atom is -0.383 e. The first-order valence-corrected chi connectivity index (χ1v) is 14.2. The van der Waals surface area contributed by atoms with E-state index < -0.39 is 18.1 Å². The molecule has 0 aliphatic carbocycles. The van der Waals surface area contributed by atoms with E-state index in [0.717, 1.165) is 6.42 Å². The van der Waals surface area contributed by atoms with Crippen LogP contribution in [0.4, 0.5) is 5.82 Å². The number of benzene rings is 2. The molecule has 1 saturated heterocycles. The largest absolute Gasteiger partial charge is 0.383 e. The Morgan fingerprint density at radius 3 is 2.75 bits per heavy atom. The SMILES string of the molecule is C[C@@H](NC(=O)c1c(N)ncc2cccnc12)c1nc2cccc(C#CCNC(=O)[C@H]3CCCO3)c2c(=O)n1-c1ccccc1. The van der Waals surface area contributed by atoms with Crippen molar-refractivity contribution in [2.24, 2.45) is 0 Å². The summed E-state index contributed by atoms with van der Waals surface area (Å²) in [6, 6.07) is 17.1. The molecule has 0 bridgehead atoms. The van der Waals surface area contributed by atoms with Crippen LogP contribution in [0.1, 0.15) is 47.6 Å². The summed E-state index contributed by atoms with van der Waals surface area (Å²) in [7, 11) is 0. The van der Waals surface area contributed by atoms with E-state index in [1.807, 2.05) is 18.2 Å². The number of nitrogens with zero attached hydrogens (tertiary/aromatic N) is 4. The smallest absolute Gasteiger partial charge is 0.267 e. The molecule has 0 spiro atoms. The van der Waals surface area contributed by atoms with Crippen LogP contribution < -0.4 is 21.9 Å². The van der Waals surface area contributed by atoms with E-state index in [1.165, 1.54) is 4.57 Å². The number of fused-ring (bicyclic) bond motifs is 2. The lowest BCUT2D eigenvalue weighted by molar-refractivity contribution is -0.129.